The highest BCUT2D eigenvalue weighted by Gasteiger charge is 2.12. The smallest absolute Gasteiger partial charge is 0.0475 e. The molecule has 0 radical (unpaired) electrons. The average Bonchev–Trinajstić information content (AvgIpc) is 2.42. The first-order chi connectivity index (χ1) is 9.08. The molecule has 100 valence electrons. The van der Waals surface area contributed by atoms with Gasteiger partial charge in [0.2, 0.25) is 0 Å². The molecular formula is C17H22N2. The fourth-order valence-electron chi connectivity index (χ4n) is 2.34. The quantitative estimate of drug-likeness (QED) is 0.905. The molecule has 0 aliphatic carbocycles. The molecule has 1 atom stereocenters. The largest absolute Gasteiger partial charge is 0.373 e. The Bertz CT molecular complexity index is 534. The van der Waals surface area contributed by atoms with E-state index in [1.807, 2.05) is 6.07 Å². The maximum atomic E-state index is 6.36. The van der Waals surface area contributed by atoms with Gasteiger partial charge in [0.25, 0.3) is 0 Å². The van der Waals surface area contributed by atoms with E-state index in [0.717, 1.165) is 6.54 Å². The summed E-state index contributed by atoms with van der Waals surface area (Å²) in [6, 6.07) is 16.8. The van der Waals surface area contributed by atoms with Gasteiger partial charge in [-0.3, -0.25) is 0 Å². The first-order valence-corrected chi connectivity index (χ1v) is 6.67. The van der Waals surface area contributed by atoms with Crippen LogP contribution in [0.4, 0.5) is 5.69 Å². The van der Waals surface area contributed by atoms with Crippen LogP contribution in [-0.2, 0) is 0 Å². The number of nitrogens with zero attached hydrogens (tertiary/aromatic N) is 1. The third-order valence-electron chi connectivity index (χ3n) is 3.50. The zero-order valence-corrected chi connectivity index (χ0v) is 11.9. The van der Waals surface area contributed by atoms with Crippen LogP contribution in [0.3, 0.4) is 0 Å². The predicted octanol–water partition coefficient (Wildman–Crippen LogP) is 3.44. The minimum absolute atomic E-state index is 0.0325. The maximum absolute atomic E-state index is 6.36. The molecule has 0 saturated carbocycles. The summed E-state index contributed by atoms with van der Waals surface area (Å²) < 4.78 is 0. The van der Waals surface area contributed by atoms with Crippen molar-refractivity contribution in [1.29, 1.82) is 0 Å². The second-order valence-electron chi connectivity index (χ2n) is 5.18. The Kier molecular flexibility index (Phi) is 4.23. The second kappa shape index (κ2) is 5.89. The SMILES string of the molecule is Cc1ccc(C)c(C(N)CN(C)c2ccccc2)c1. The lowest BCUT2D eigenvalue weighted by atomic mass is 9.99. The zero-order valence-electron chi connectivity index (χ0n) is 11.9. The lowest BCUT2D eigenvalue weighted by Crippen LogP contribution is -2.29. The highest BCUT2D eigenvalue weighted by Crippen LogP contribution is 2.20. The number of aryl methyl sites for hydroxylation is 2. The van der Waals surface area contributed by atoms with E-state index in [1.54, 1.807) is 0 Å². The number of nitrogens with two attached hydrogens (primary N) is 1. The Labute approximate surface area is 115 Å². The van der Waals surface area contributed by atoms with Gasteiger partial charge in [0, 0.05) is 25.3 Å². The number of hydrogen-bond donors (Lipinski definition) is 1. The normalized spacial score (nSPS) is 12.2. The van der Waals surface area contributed by atoms with Gasteiger partial charge < -0.3 is 10.6 Å². The molecule has 0 spiro atoms. The molecule has 0 heterocycles. The summed E-state index contributed by atoms with van der Waals surface area (Å²) in [4.78, 5) is 2.20. The van der Waals surface area contributed by atoms with Crippen LogP contribution in [0.15, 0.2) is 48.5 Å². The highest BCUT2D eigenvalue weighted by atomic mass is 15.1. The fourth-order valence-corrected chi connectivity index (χ4v) is 2.34. The molecule has 2 rings (SSSR count). The Balaban J connectivity index is 2.13. The monoisotopic (exact) mass is 254 g/mol. The van der Waals surface area contributed by atoms with Gasteiger partial charge in [-0.1, -0.05) is 42.0 Å². The maximum Gasteiger partial charge on any atom is 0.0475 e. The molecule has 2 aromatic carbocycles. The van der Waals surface area contributed by atoms with Crippen LogP contribution in [0.5, 0.6) is 0 Å². The lowest BCUT2D eigenvalue weighted by molar-refractivity contribution is 0.699. The summed E-state index contributed by atoms with van der Waals surface area (Å²) in [6.45, 7) is 5.04. The Morgan fingerprint density at radius 1 is 1.05 bits per heavy atom. The van der Waals surface area contributed by atoms with E-state index in [1.165, 1.54) is 22.4 Å². The van der Waals surface area contributed by atoms with Crippen molar-refractivity contribution < 1.29 is 0 Å². The minimum Gasteiger partial charge on any atom is -0.373 e. The van der Waals surface area contributed by atoms with Gasteiger partial charge in [-0.2, -0.15) is 0 Å². The first kappa shape index (κ1) is 13.6. The number of rotatable bonds is 4. The number of benzene rings is 2. The van der Waals surface area contributed by atoms with Crippen molar-refractivity contribution in [3.05, 3.63) is 65.2 Å². The van der Waals surface area contributed by atoms with E-state index in [4.69, 9.17) is 5.73 Å². The Hall–Kier alpha value is -1.80. The summed E-state index contributed by atoms with van der Waals surface area (Å²) in [5.74, 6) is 0. The molecule has 0 amide bonds. The molecule has 2 aromatic rings. The number of para-hydroxylation sites is 1. The van der Waals surface area contributed by atoms with Crippen molar-refractivity contribution in [2.45, 2.75) is 19.9 Å². The molecule has 0 aromatic heterocycles. The summed E-state index contributed by atoms with van der Waals surface area (Å²) in [5.41, 5.74) is 11.3. The summed E-state index contributed by atoms with van der Waals surface area (Å²) in [6.07, 6.45) is 0. The van der Waals surface area contributed by atoms with E-state index >= 15 is 0 Å². The van der Waals surface area contributed by atoms with Gasteiger partial charge in [-0.25, -0.2) is 0 Å². The van der Waals surface area contributed by atoms with Crippen LogP contribution in [-0.4, -0.2) is 13.6 Å². The molecule has 19 heavy (non-hydrogen) atoms. The Morgan fingerprint density at radius 2 is 1.74 bits per heavy atom. The van der Waals surface area contributed by atoms with E-state index < -0.39 is 0 Å². The van der Waals surface area contributed by atoms with Crippen molar-refractivity contribution in [1.82, 2.24) is 0 Å². The van der Waals surface area contributed by atoms with Crippen LogP contribution in [0.2, 0.25) is 0 Å². The van der Waals surface area contributed by atoms with Crippen molar-refractivity contribution in [2.24, 2.45) is 5.73 Å². The van der Waals surface area contributed by atoms with Gasteiger partial charge >= 0.3 is 0 Å². The molecule has 0 aliphatic heterocycles. The second-order valence-corrected chi connectivity index (χ2v) is 5.18. The third kappa shape index (κ3) is 3.36. The van der Waals surface area contributed by atoms with Crippen molar-refractivity contribution >= 4 is 5.69 Å². The average molecular weight is 254 g/mol. The van der Waals surface area contributed by atoms with Crippen LogP contribution in [0.1, 0.15) is 22.7 Å². The standard InChI is InChI=1S/C17H22N2/c1-13-9-10-14(2)16(11-13)17(18)12-19(3)15-7-5-4-6-8-15/h4-11,17H,12,18H2,1-3H3. The first-order valence-electron chi connectivity index (χ1n) is 6.67. The summed E-state index contributed by atoms with van der Waals surface area (Å²) >= 11 is 0. The van der Waals surface area contributed by atoms with E-state index in [-0.39, 0.29) is 6.04 Å². The van der Waals surface area contributed by atoms with E-state index in [9.17, 15) is 0 Å². The minimum atomic E-state index is 0.0325. The number of hydrogen-bond acceptors (Lipinski definition) is 2. The van der Waals surface area contributed by atoms with Crippen LogP contribution < -0.4 is 10.6 Å². The molecular weight excluding hydrogens is 232 g/mol. The van der Waals surface area contributed by atoms with Gasteiger partial charge in [0.1, 0.15) is 0 Å². The van der Waals surface area contributed by atoms with Gasteiger partial charge in [-0.05, 0) is 37.1 Å². The van der Waals surface area contributed by atoms with Crippen LogP contribution >= 0.6 is 0 Å². The molecule has 2 heteroatoms. The molecule has 0 fully saturated rings. The van der Waals surface area contributed by atoms with Gasteiger partial charge in [-0.15, -0.1) is 0 Å². The molecule has 2 N–H and O–H groups in total. The molecule has 0 saturated heterocycles. The highest BCUT2D eigenvalue weighted by molar-refractivity contribution is 5.46. The molecule has 1 unspecified atom stereocenters. The topological polar surface area (TPSA) is 29.3 Å². The fraction of sp³-hybridized carbons (Fsp3) is 0.294. The predicted molar refractivity (Wildman–Crippen MR) is 82.6 cm³/mol. The van der Waals surface area contributed by atoms with Crippen molar-refractivity contribution in [2.75, 3.05) is 18.5 Å². The number of anilines is 1. The van der Waals surface area contributed by atoms with E-state index in [0.29, 0.717) is 0 Å². The van der Waals surface area contributed by atoms with Gasteiger partial charge in [0.15, 0.2) is 0 Å². The number of likely N-dealkylation sites (N-methyl/N-ethyl adjacent to an activating group) is 1. The van der Waals surface area contributed by atoms with Crippen LogP contribution in [0, 0.1) is 13.8 Å². The van der Waals surface area contributed by atoms with Crippen molar-refractivity contribution in [3.63, 3.8) is 0 Å². The lowest BCUT2D eigenvalue weighted by Gasteiger charge is -2.24. The van der Waals surface area contributed by atoms with Crippen LogP contribution in [0.25, 0.3) is 0 Å². The molecule has 0 bridgehead atoms. The summed E-state index contributed by atoms with van der Waals surface area (Å²) in [7, 11) is 2.08. The Morgan fingerprint density at radius 3 is 2.42 bits per heavy atom. The zero-order chi connectivity index (χ0) is 13.8. The molecule has 0 aliphatic rings. The van der Waals surface area contributed by atoms with E-state index in [2.05, 4.69) is 68.3 Å². The summed E-state index contributed by atoms with van der Waals surface area (Å²) in [5, 5.41) is 0. The third-order valence-corrected chi connectivity index (χ3v) is 3.50. The van der Waals surface area contributed by atoms with Gasteiger partial charge in [0.05, 0.1) is 0 Å². The van der Waals surface area contributed by atoms with Crippen molar-refractivity contribution in [3.8, 4) is 0 Å². The molecule has 2 nitrogen and oxygen atoms in total.